The minimum atomic E-state index is -1.30. The van der Waals surface area contributed by atoms with Crippen LogP contribution in [0.4, 0.5) is 0 Å². The minimum absolute atomic E-state index is 0.720. The van der Waals surface area contributed by atoms with Crippen LogP contribution in [-0.2, 0) is 4.43 Å². The molecular weight excluding hydrogens is 291 g/mol. The topological polar surface area (TPSA) is 9.23 Å². The molecule has 0 fully saturated rings. The van der Waals surface area contributed by atoms with Crippen molar-refractivity contribution in [1.82, 2.24) is 0 Å². The molecule has 0 saturated heterocycles. The van der Waals surface area contributed by atoms with Gasteiger partial charge in [-0.2, -0.15) is 0 Å². The highest BCUT2D eigenvalue weighted by atomic mass is 127. The first-order chi connectivity index (χ1) is 6.14. The van der Waals surface area contributed by atoms with Crippen LogP contribution in [0.25, 0.3) is 0 Å². The van der Waals surface area contributed by atoms with Gasteiger partial charge in [-0.05, 0) is 24.1 Å². The smallest absolute Gasteiger partial charge is 0.191 e. The van der Waals surface area contributed by atoms with Gasteiger partial charge in [-0.25, -0.2) is 0 Å². The standard InChI is InChI=1S/C10H23IOSi/c1-5-13(6-2,7-3)12-9-10(4)8-11/h10H,5-9H2,1-4H3/t10-/m1/s1. The lowest BCUT2D eigenvalue weighted by molar-refractivity contribution is 0.259. The number of halogens is 1. The van der Waals surface area contributed by atoms with E-state index >= 15 is 0 Å². The SMILES string of the molecule is CC[Si](CC)(CC)OC[C@H](C)CI. The zero-order valence-electron chi connectivity index (χ0n) is 9.40. The summed E-state index contributed by atoms with van der Waals surface area (Å²) in [4.78, 5) is 0. The highest BCUT2D eigenvalue weighted by molar-refractivity contribution is 14.1. The third-order valence-corrected chi connectivity index (χ3v) is 9.02. The van der Waals surface area contributed by atoms with Crippen LogP contribution in [0.2, 0.25) is 18.1 Å². The molecule has 1 nitrogen and oxygen atoms in total. The van der Waals surface area contributed by atoms with Gasteiger partial charge >= 0.3 is 0 Å². The first kappa shape index (κ1) is 13.9. The van der Waals surface area contributed by atoms with E-state index in [9.17, 15) is 0 Å². The van der Waals surface area contributed by atoms with E-state index in [0.717, 1.165) is 12.5 Å². The maximum Gasteiger partial charge on any atom is 0.191 e. The van der Waals surface area contributed by atoms with E-state index in [1.165, 1.54) is 22.6 Å². The highest BCUT2D eigenvalue weighted by Gasteiger charge is 2.28. The maximum absolute atomic E-state index is 6.16. The maximum atomic E-state index is 6.16. The van der Waals surface area contributed by atoms with Crippen LogP contribution in [0.5, 0.6) is 0 Å². The van der Waals surface area contributed by atoms with Crippen LogP contribution in [0.1, 0.15) is 27.7 Å². The second kappa shape index (κ2) is 7.23. The Labute approximate surface area is 97.9 Å². The molecule has 0 aromatic rings. The monoisotopic (exact) mass is 314 g/mol. The summed E-state index contributed by atoms with van der Waals surface area (Å²) in [6.45, 7) is 10.1. The average molecular weight is 314 g/mol. The molecule has 13 heavy (non-hydrogen) atoms. The predicted molar refractivity (Wildman–Crippen MR) is 71.2 cm³/mol. The van der Waals surface area contributed by atoms with Crippen molar-refractivity contribution >= 4 is 30.9 Å². The van der Waals surface area contributed by atoms with Gasteiger partial charge in [0.15, 0.2) is 8.32 Å². The Bertz CT molecular complexity index is 118. The zero-order valence-corrected chi connectivity index (χ0v) is 12.6. The van der Waals surface area contributed by atoms with Crippen LogP contribution in [0.15, 0.2) is 0 Å². The fourth-order valence-corrected chi connectivity index (χ4v) is 4.42. The summed E-state index contributed by atoms with van der Waals surface area (Å²) < 4.78 is 7.37. The second-order valence-corrected chi connectivity index (χ2v) is 9.47. The molecular formula is C10H23IOSi. The van der Waals surface area contributed by atoms with Crippen molar-refractivity contribution < 1.29 is 4.43 Å². The third kappa shape index (κ3) is 4.79. The second-order valence-electron chi connectivity index (χ2n) is 3.81. The number of rotatable bonds is 7. The van der Waals surface area contributed by atoms with Crippen molar-refractivity contribution in [2.75, 3.05) is 11.0 Å². The van der Waals surface area contributed by atoms with Gasteiger partial charge < -0.3 is 4.43 Å². The predicted octanol–water partition coefficient (Wildman–Crippen LogP) is 4.08. The summed E-state index contributed by atoms with van der Waals surface area (Å²) in [7, 11) is -1.30. The Balaban J connectivity index is 3.95. The van der Waals surface area contributed by atoms with Crippen molar-refractivity contribution in [2.45, 2.75) is 45.8 Å². The number of alkyl halides is 1. The lowest BCUT2D eigenvalue weighted by atomic mass is 10.2. The molecule has 0 radical (unpaired) electrons. The number of hydrogen-bond donors (Lipinski definition) is 0. The van der Waals surface area contributed by atoms with Crippen LogP contribution >= 0.6 is 22.6 Å². The molecule has 0 aliphatic heterocycles. The van der Waals surface area contributed by atoms with Gasteiger partial charge in [0.2, 0.25) is 0 Å². The van der Waals surface area contributed by atoms with Crippen LogP contribution in [-0.4, -0.2) is 19.4 Å². The van der Waals surface area contributed by atoms with Crippen molar-refractivity contribution in [3.63, 3.8) is 0 Å². The fourth-order valence-electron chi connectivity index (χ4n) is 1.42. The lowest BCUT2D eigenvalue weighted by Crippen LogP contribution is -2.37. The van der Waals surface area contributed by atoms with Gasteiger partial charge in [-0.1, -0.05) is 50.3 Å². The lowest BCUT2D eigenvalue weighted by Gasteiger charge is -2.29. The van der Waals surface area contributed by atoms with Gasteiger partial charge in [0.05, 0.1) is 0 Å². The normalized spacial score (nSPS) is 14.5. The zero-order chi connectivity index (χ0) is 10.3. The average Bonchev–Trinajstić information content (AvgIpc) is 2.20. The molecule has 0 N–H and O–H groups in total. The van der Waals surface area contributed by atoms with Gasteiger partial charge in [0, 0.05) is 11.0 Å². The molecule has 0 aromatic heterocycles. The summed E-state index contributed by atoms with van der Waals surface area (Å²) in [6, 6.07) is 3.82. The summed E-state index contributed by atoms with van der Waals surface area (Å²) in [5.74, 6) is 0.720. The van der Waals surface area contributed by atoms with E-state index in [0.29, 0.717) is 0 Å². The Morgan fingerprint density at radius 3 is 1.92 bits per heavy atom. The minimum Gasteiger partial charge on any atom is -0.417 e. The van der Waals surface area contributed by atoms with Gasteiger partial charge in [-0.3, -0.25) is 0 Å². The molecule has 80 valence electrons. The first-order valence-corrected chi connectivity index (χ1v) is 9.39. The van der Waals surface area contributed by atoms with Crippen LogP contribution < -0.4 is 0 Å². The van der Waals surface area contributed by atoms with E-state index in [-0.39, 0.29) is 0 Å². The quantitative estimate of drug-likeness (QED) is 0.391. The Hall–Kier alpha value is 0.907. The van der Waals surface area contributed by atoms with E-state index in [2.05, 4.69) is 50.3 Å². The molecule has 0 bridgehead atoms. The fraction of sp³-hybridized carbons (Fsp3) is 1.00. The summed E-state index contributed by atoms with van der Waals surface area (Å²) in [5, 5.41) is 0. The van der Waals surface area contributed by atoms with Crippen molar-refractivity contribution in [2.24, 2.45) is 5.92 Å². The summed E-state index contributed by atoms with van der Waals surface area (Å²) >= 11 is 2.44. The third-order valence-electron chi connectivity index (χ3n) is 2.87. The van der Waals surface area contributed by atoms with Crippen LogP contribution in [0, 0.1) is 5.92 Å². The molecule has 0 heterocycles. The molecule has 0 aliphatic rings. The van der Waals surface area contributed by atoms with Crippen LogP contribution in [0.3, 0.4) is 0 Å². The first-order valence-electron chi connectivity index (χ1n) is 5.34. The number of hydrogen-bond acceptors (Lipinski definition) is 1. The molecule has 0 rings (SSSR count). The molecule has 0 unspecified atom stereocenters. The van der Waals surface area contributed by atoms with Crippen molar-refractivity contribution in [1.29, 1.82) is 0 Å². The summed E-state index contributed by atoms with van der Waals surface area (Å²) in [6.07, 6.45) is 0. The Morgan fingerprint density at radius 2 is 1.62 bits per heavy atom. The molecule has 0 saturated carbocycles. The highest BCUT2D eigenvalue weighted by Crippen LogP contribution is 2.22. The van der Waals surface area contributed by atoms with Gasteiger partial charge in [0.25, 0.3) is 0 Å². The largest absolute Gasteiger partial charge is 0.417 e. The summed E-state index contributed by atoms with van der Waals surface area (Å²) in [5.41, 5.74) is 0. The van der Waals surface area contributed by atoms with E-state index < -0.39 is 8.32 Å². The molecule has 0 amide bonds. The van der Waals surface area contributed by atoms with Crippen molar-refractivity contribution in [3.8, 4) is 0 Å². The Morgan fingerprint density at radius 1 is 1.15 bits per heavy atom. The Kier molecular flexibility index (Phi) is 7.74. The molecule has 0 aliphatic carbocycles. The van der Waals surface area contributed by atoms with Gasteiger partial charge in [-0.15, -0.1) is 0 Å². The molecule has 1 atom stereocenters. The van der Waals surface area contributed by atoms with Crippen molar-refractivity contribution in [3.05, 3.63) is 0 Å². The van der Waals surface area contributed by atoms with E-state index in [1.54, 1.807) is 0 Å². The molecule has 0 aromatic carbocycles. The molecule has 0 spiro atoms. The molecule has 3 heteroatoms. The van der Waals surface area contributed by atoms with E-state index in [1.807, 2.05) is 0 Å². The van der Waals surface area contributed by atoms with E-state index in [4.69, 9.17) is 4.43 Å². The van der Waals surface area contributed by atoms with Gasteiger partial charge in [0.1, 0.15) is 0 Å².